The molecule has 2 aromatic heterocycles. The van der Waals surface area contributed by atoms with Crippen molar-refractivity contribution in [3.8, 4) is 55.9 Å². The fourth-order valence-electron chi connectivity index (χ4n) is 11.6. The molecule has 2 nitrogen and oxygen atoms in total. The van der Waals surface area contributed by atoms with E-state index in [9.17, 15) is 0 Å². The van der Waals surface area contributed by atoms with Crippen LogP contribution in [0.5, 0.6) is 0 Å². The van der Waals surface area contributed by atoms with Crippen LogP contribution in [0.1, 0.15) is 36.1 Å². The first kappa shape index (κ1) is 41.0. The summed E-state index contributed by atoms with van der Waals surface area (Å²) < 4.78 is 4.78. The molecule has 334 valence electrons. The monoisotopic (exact) mass is 904 g/mol. The van der Waals surface area contributed by atoms with Crippen molar-refractivity contribution in [2.24, 2.45) is 0 Å². The van der Waals surface area contributed by atoms with E-state index < -0.39 is 0 Å². The second-order valence-corrected chi connectivity index (χ2v) is 19.8. The van der Waals surface area contributed by atoms with E-state index in [1.54, 1.807) is 0 Å². The Kier molecular flexibility index (Phi) is 9.28. The largest absolute Gasteiger partial charge is 0.309 e. The number of nitrogens with zero attached hydrogens (tertiary/aromatic N) is 2. The molecule has 0 aliphatic heterocycles. The first-order valence-corrected chi connectivity index (χ1v) is 24.7. The molecule has 0 bridgehead atoms. The first-order chi connectivity index (χ1) is 34.9. The third-order valence-corrected chi connectivity index (χ3v) is 15.3. The maximum absolute atomic E-state index is 2.44. The fraction of sp³-hybridized carbons (Fsp3) is 0.0435. The third kappa shape index (κ3) is 6.71. The Morgan fingerprint density at radius 1 is 0.296 bits per heavy atom. The van der Waals surface area contributed by atoms with Crippen molar-refractivity contribution < 1.29 is 0 Å². The lowest BCUT2D eigenvalue weighted by Crippen LogP contribution is -2.15. The first-order valence-electron chi connectivity index (χ1n) is 24.7. The fourth-order valence-corrected chi connectivity index (χ4v) is 11.6. The normalized spacial score (nSPS) is 13.0. The molecule has 0 amide bonds. The second-order valence-electron chi connectivity index (χ2n) is 19.8. The summed E-state index contributed by atoms with van der Waals surface area (Å²) in [6, 6.07) is 89.5. The van der Waals surface area contributed by atoms with Crippen molar-refractivity contribution in [2.45, 2.75) is 19.3 Å². The topological polar surface area (TPSA) is 9.86 Å². The molecule has 2 heterocycles. The Bertz CT molecular complexity index is 4280. The lowest BCUT2D eigenvalue weighted by atomic mass is 9.81. The van der Waals surface area contributed by atoms with Gasteiger partial charge in [0.15, 0.2) is 0 Å². The molecule has 0 spiro atoms. The van der Waals surface area contributed by atoms with Gasteiger partial charge in [-0.15, -0.1) is 0 Å². The molecule has 0 fully saturated rings. The quantitative estimate of drug-likeness (QED) is 0.141. The Morgan fingerprint density at radius 3 is 1.30 bits per heavy atom. The summed E-state index contributed by atoms with van der Waals surface area (Å²) in [6.45, 7) is 4.77. The molecule has 13 aromatic rings. The highest BCUT2D eigenvalue weighted by molar-refractivity contribution is 6.12. The molecule has 0 unspecified atom stereocenters. The third-order valence-electron chi connectivity index (χ3n) is 15.3. The molecule has 1 aliphatic rings. The van der Waals surface area contributed by atoms with Gasteiger partial charge < -0.3 is 9.13 Å². The molecule has 0 saturated heterocycles. The van der Waals surface area contributed by atoms with Crippen LogP contribution in [-0.2, 0) is 5.41 Å². The second kappa shape index (κ2) is 16.1. The maximum atomic E-state index is 2.44. The molecular weight excluding hydrogens is 857 g/mol. The molecule has 0 radical (unpaired) electrons. The summed E-state index contributed by atoms with van der Waals surface area (Å²) in [7, 11) is 0. The van der Waals surface area contributed by atoms with Gasteiger partial charge in [-0.3, -0.25) is 0 Å². The zero-order valence-electron chi connectivity index (χ0n) is 39.6. The van der Waals surface area contributed by atoms with Gasteiger partial charge in [0.2, 0.25) is 0 Å². The van der Waals surface area contributed by atoms with Gasteiger partial charge in [-0.2, -0.15) is 0 Å². The summed E-state index contributed by atoms with van der Waals surface area (Å²) in [6.07, 6.45) is 4.42. The van der Waals surface area contributed by atoms with Crippen LogP contribution >= 0.6 is 0 Å². The lowest BCUT2D eigenvalue weighted by molar-refractivity contribution is 0.661. The number of hydrogen-bond donors (Lipinski definition) is 0. The average molecular weight is 905 g/mol. The smallest absolute Gasteiger partial charge is 0.0541 e. The molecule has 11 aromatic carbocycles. The predicted octanol–water partition coefficient (Wildman–Crippen LogP) is 18.5. The van der Waals surface area contributed by atoms with Crippen molar-refractivity contribution in [2.75, 3.05) is 0 Å². The predicted molar refractivity (Wildman–Crippen MR) is 302 cm³/mol. The van der Waals surface area contributed by atoms with Gasteiger partial charge in [-0.1, -0.05) is 196 Å². The van der Waals surface area contributed by atoms with E-state index in [1.165, 1.54) is 133 Å². The van der Waals surface area contributed by atoms with Gasteiger partial charge in [-0.25, -0.2) is 0 Å². The summed E-state index contributed by atoms with van der Waals surface area (Å²) >= 11 is 0. The van der Waals surface area contributed by atoms with Crippen LogP contribution in [0.15, 0.2) is 243 Å². The minimum absolute atomic E-state index is 0.152. The van der Waals surface area contributed by atoms with Crippen molar-refractivity contribution in [3.63, 3.8) is 0 Å². The molecule has 2 heteroatoms. The number of hydrogen-bond acceptors (Lipinski definition) is 0. The van der Waals surface area contributed by atoms with E-state index in [4.69, 9.17) is 0 Å². The standard InChI is InChI=1S/C69H48N2/c1-69(2)63-43-53(49-28-24-46(25-29-49)21-20-45-22-26-48(27-23-45)51-33-38-67-61(41-51)59-16-8-10-18-65(59)70(67)55-14-4-3-5-15-55)31-36-57(63)58-37-32-54(44-64(58)69)52-34-39-68-62(42-52)60-17-9-11-19-66(60)71(68)56-35-30-47-12-6-7-13-50(47)40-56/h3-44H,1-2H3. The van der Waals surface area contributed by atoms with Crippen LogP contribution in [0.4, 0.5) is 0 Å². The van der Waals surface area contributed by atoms with Gasteiger partial charge in [0.05, 0.1) is 22.1 Å². The van der Waals surface area contributed by atoms with Crippen LogP contribution in [-0.4, -0.2) is 9.13 Å². The van der Waals surface area contributed by atoms with E-state index in [1.807, 2.05) is 0 Å². The Morgan fingerprint density at radius 2 is 0.718 bits per heavy atom. The summed E-state index contributed by atoms with van der Waals surface area (Å²) in [5.74, 6) is 0. The molecule has 0 N–H and O–H groups in total. The minimum Gasteiger partial charge on any atom is -0.309 e. The van der Waals surface area contributed by atoms with Gasteiger partial charge in [0, 0.05) is 38.3 Å². The van der Waals surface area contributed by atoms with Crippen molar-refractivity contribution in [3.05, 3.63) is 265 Å². The van der Waals surface area contributed by atoms with E-state index in [0.717, 1.165) is 0 Å². The minimum atomic E-state index is -0.152. The van der Waals surface area contributed by atoms with E-state index in [2.05, 4.69) is 278 Å². The SMILES string of the molecule is CC1(C)c2cc(-c3ccc(C=Cc4ccc(-c5ccc6c(c5)c5ccccc5n6-c5ccccc5)cc4)cc3)ccc2-c2ccc(-c3ccc4c(c3)c3ccccc3n4-c3ccc4ccccc4c3)cc21. The number of benzene rings is 11. The highest BCUT2D eigenvalue weighted by Gasteiger charge is 2.36. The van der Waals surface area contributed by atoms with Crippen LogP contribution in [0.2, 0.25) is 0 Å². The van der Waals surface area contributed by atoms with Crippen LogP contribution in [0.25, 0.3) is 122 Å². The summed E-state index contributed by atoms with van der Waals surface area (Å²) in [5.41, 5.74) is 22.2. The Hall–Kier alpha value is -8.98. The Balaban J connectivity index is 0.706. The molecule has 14 rings (SSSR count). The molecule has 0 atom stereocenters. The number of aromatic nitrogens is 2. The van der Waals surface area contributed by atoms with Crippen molar-refractivity contribution in [1.29, 1.82) is 0 Å². The highest BCUT2D eigenvalue weighted by Crippen LogP contribution is 2.51. The van der Waals surface area contributed by atoms with E-state index >= 15 is 0 Å². The van der Waals surface area contributed by atoms with Crippen LogP contribution < -0.4 is 0 Å². The molecule has 1 aliphatic carbocycles. The van der Waals surface area contributed by atoms with Gasteiger partial charge in [-0.05, 0) is 150 Å². The van der Waals surface area contributed by atoms with Gasteiger partial charge in [0.1, 0.15) is 0 Å². The highest BCUT2D eigenvalue weighted by atomic mass is 15.0. The average Bonchev–Trinajstić information content (AvgIpc) is 4.02. The van der Waals surface area contributed by atoms with Crippen LogP contribution in [0.3, 0.4) is 0 Å². The molecular formula is C69H48N2. The van der Waals surface area contributed by atoms with Crippen molar-refractivity contribution >= 4 is 66.5 Å². The summed E-state index contributed by atoms with van der Waals surface area (Å²) in [5, 5.41) is 7.57. The maximum Gasteiger partial charge on any atom is 0.0541 e. The Labute approximate surface area is 413 Å². The van der Waals surface area contributed by atoms with Crippen LogP contribution in [0, 0.1) is 0 Å². The van der Waals surface area contributed by atoms with Crippen molar-refractivity contribution in [1.82, 2.24) is 9.13 Å². The number of para-hydroxylation sites is 3. The number of rotatable bonds is 7. The zero-order chi connectivity index (χ0) is 47.2. The van der Waals surface area contributed by atoms with Gasteiger partial charge in [0.25, 0.3) is 0 Å². The summed E-state index contributed by atoms with van der Waals surface area (Å²) in [4.78, 5) is 0. The lowest BCUT2D eigenvalue weighted by Gasteiger charge is -2.22. The number of fused-ring (bicyclic) bond motifs is 10. The molecule has 71 heavy (non-hydrogen) atoms. The van der Waals surface area contributed by atoms with Gasteiger partial charge >= 0.3 is 0 Å². The zero-order valence-corrected chi connectivity index (χ0v) is 39.6. The molecule has 0 saturated carbocycles. The van der Waals surface area contributed by atoms with E-state index in [0.29, 0.717) is 0 Å². The van der Waals surface area contributed by atoms with E-state index in [-0.39, 0.29) is 5.41 Å².